The Balaban J connectivity index is 1.79. The topological polar surface area (TPSA) is 43.1 Å². The fourth-order valence-corrected chi connectivity index (χ4v) is 2.46. The third-order valence-corrected chi connectivity index (χ3v) is 3.85. The molecule has 0 bridgehead atoms. The first-order valence-corrected chi connectivity index (χ1v) is 8.12. The van der Waals surface area contributed by atoms with Crippen LogP contribution >= 0.6 is 0 Å². The number of nitrogens with two attached hydrogens (primary N) is 1. The zero-order valence-corrected chi connectivity index (χ0v) is 13.8. The highest BCUT2D eigenvalue weighted by molar-refractivity contribution is 6.07. The lowest BCUT2D eigenvalue weighted by Gasteiger charge is -2.03. The minimum atomic E-state index is -0.0368. The molecule has 0 aliphatic heterocycles. The summed E-state index contributed by atoms with van der Waals surface area (Å²) in [7, 11) is 0. The Labute approximate surface area is 147 Å². The van der Waals surface area contributed by atoms with Gasteiger partial charge in [-0.25, -0.2) is 0 Å². The second-order valence-electron chi connectivity index (χ2n) is 5.70. The molecule has 0 spiro atoms. The molecular weight excluding hydrogens is 306 g/mol. The first-order chi connectivity index (χ1) is 12.2. The molecule has 0 saturated heterocycles. The van der Waals surface area contributed by atoms with Crippen LogP contribution in [0.3, 0.4) is 0 Å². The lowest BCUT2D eigenvalue weighted by atomic mass is 10.0. The van der Waals surface area contributed by atoms with E-state index in [0.29, 0.717) is 11.3 Å². The molecule has 25 heavy (non-hydrogen) atoms. The van der Waals surface area contributed by atoms with E-state index in [2.05, 4.69) is 0 Å². The number of anilines is 1. The molecule has 0 aliphatic rings. The Hall–Kier alpha value is -3.39. The Kier molecular flexibility index (Phi) is 5.22. The molecule has 3 rings (SSSR count). The molecule has 2 heteroatoms. The van der Waals surface area contributed by atoms with Crippen LogP contribution in [0.15, 0.2) is 84.9 Å². The normalized spacial score (nSPS) is 11.2. The fraction of sp³-hybridized carbons (Fsp3) is 0. The largest absolute Gasteiger partial charge is 0.398 e. The number of benzene rings is 3. The summed E-state index contributed by atoms with van der Waals surface area (Å²) < 4.78 is 0. The molecule has 2 N–H and O–H groups in total. The Morgan fingerprint density at radius 3 is 2.08 bits per heavy atom. The van der Waals surface area contributed by atoms with Gasteiger partial charge < -0.3 is 5.73 Å². The van der Waals surface area contributed by atoms with Crippen molar-refractivity contribution in [3.63, 3.8) is 0 Å². The average molecular weight is 325 g/mol. The summed E-state index contributed by atoms with van der Waals surface area (Å²) >= 11 is 0. The third kappa shape index (κ3) is 4.55. The van der Waals surface area contributed by atoms with Crippen LogP contribution in [0.1, 0.15) is 27.0 Å². The molecule has 3 aromatic rings. The van der Waals surface area contributed by atoms with Crippen LogP contribution in [0.5, 0.6) is 0 Å². The Bertz CT molecular complexity index is 909. The zero-order chi connectivity index (χ0) is 17.5. The van der Waals surface area contributed by atoms with Crippen LogP contribution in [0.4, 0.5) is 5.69 Å². The zero-order valence-electron chi connectivity index (χ0n) is 13.8. The summed E-state index contributed by atoms with van der Waals surface area (Å²) in [4.78, 5) is 12.2. The molecule has 0 fully saturated rings. The molecule has 2 nitrogen and oxygen atoms in total. The highest BCUT2D eigenvalue weighted by Gasteiger charge is 2.01. The maximum Gasteiger partial charge on any atom is 0.185 e. The molecule has 0 atom stereocenters. The SMILES string of the molecule is Nc1ccc(C=Cc2ccccc2)cc1C=CC(=O)c1ccccc1. The number of carbonyl (C=O) groups excluding carboxylic acids is 1. The predicted octanol–water partition coefficient (Wildman–Crippen LogP) is 5.34. The van der Waals surface area contributed by atoms with E-state index in [-0.39, 0.29) is 5.78 Å². The first kappa shape index (κ1) is 16.5. The fourth-order valence-electron chi connectivity index (χ4n) is 2.46. The van der Waals surface area contributed by atoms with Crippen molar-refractivity contribution in [2.75, 3.05) is 5.73 Å². The van der Waals surface area contributed by atoms with Gasteiger partial charge in [-0.1, -0.05) is 78.9 Å². The summed E-state index contributed by atoms with van der Waals surface area (Å²) in [5, 5.41) is 0. The van der Waals surface area contributed by atoms with Crippen LogP contribution in [-0.2, 0) is 0 Å². The van der Waals surface area contributed by atoms with Gasteiger partial charge in [-0.2, -0.15) is 0 Å². The minimum absolute atomic E-state index is 0.0368. The summed E-state index contributed by atoms with van der Waals surface area (Å²) in [5.41, 5.74) is 10.3. The molecule has 0 heterocycles. The van der Waals surface area contributed by atoms with Gasteiger partial charge in [0.25, 0.3) is 0 Å². The molecule has 122 valence electrons. The predicted molar refractivity (Wildman–Crippen MR) is 106 cm³/mol. The van der Waals surface area contributed by atoms with Crippen molar-refractivity contribution in [2.45, 2.75) is 0 Å². The van der Waals surface area contributed by atoms with E-state index >= 15 is 0 Å². The molecule has 0 aromatic heterocycles. The Morgan fingerprint density at radius 1 is 0.720 bits per heavy atom. The second kappa shape index (κ2) is 7.93. The van der Waals surface area contributed by atoms with E-state index in [9.17, 15) is 4.79 Å². The van der Waals surface area contributed by atoms with E-state index in [1.54, 1.807) is 24.3 Å². The highest BCUT2D eigenvalue weighted by atomic mass is 16.1. The number of ketones is 1. The van der Waals surface area contributed by atoms with Crippen molar-refractivity contribution < 1.29 is 4.79 Å². The van der Waals surface area contributed by atoms with Crippen molar-refractivity contribution in [3.8, 4) is 0 Å². The summed E-state index contributed by atoms with van der Waals surface area (Å²) in [6.45, 7) is 0. The first-order valence-electron chi connectivity index (χ1n) is 8.12. The number of nitrogen functional groups attached to an aromatic ring is 1. The van der Waals surface area contributed by atoms with Crippen molar-refractivity contribution >= 4 is 29.7 Å². The molecule has 0 radical (unpaired) electrons. The number of allylic oxidation sites excluding steroid dienone is 1. The Morgan fingerprint density at radius 2 is 1.36 bits per heavy atom. The number of hydrogen-bond acceptors (Lipinski definition) is 2. The van der Waals surface area contributed by atoms with Gasteiger partial charge in [0.05, 0.1) is 0 Å². The average Bonchev–Trinajstić information content (AvgIpc) is 2.67. The van der Waals surface area contributed by atoms with E-state index in [1.165, 1.54) is 0 Å². The number of hydrogen-bond donors (Lipinski definition) is 1. The van der Waals surface area contributed by atoms with Crippen LogP contribution in [0, 0.1) is 0 Å². The van der Waals surface area contributed by atoms with Crippen LogP contribution in [-0.4, -0.2) is 5.78 Å². The van der Waals surface area contributed by atoms with Crippen molar-refractivity contribution in [3.05, 3.63) is 107 Å². The van der Waals surface area contributed by atoms with E-state index in [1.807, 2.05) is 78.9 Å². The van der Waals surface area contributed by atoms with Crippen molar-refractivity contribution in [1.29, 1.82) is 0 Å². The standard InChI is InChI=1S/C23H19NO/c24-22-15-13-19(12-11-18-7-3-1-4-8-18)17-21(22)14-16-23(25)20-9-5-2-6-10-20/h1-17H,24H2. The molecule has 0 unspecified atom stereocenters. The quantitative estimate of drug-likeness (QED) is 0.298. The highest BCUT2D eigenvalue weighted by Crippen LogP contribution is 2.18. The molecule has 0 amide bonds. The molecule has 0 saturated carbocycles. The summed E-state index contributed by atoms with van der Waals surface area (Å²) in [5.74, 6) is -0.0368. The van der Waals surface area contributed by atoms with Gasteiger partial charge in [-0.05, 0) is 41.0 Å². The van der Waals surface area contributed by atoms with E-state index < -0.39 is 0 Å². The van der Waals surface area contributed by atoms with Gasteiger partial charge in [0.1, 0.15) is 0 Å². The van der Waals surface area contributed by atoms with Crippen LogP contribution < -0.4 is 5.73 Å². The van der Waals surface area contributed by atoms with Gasteiger partial charge in [0, 0.05) is 11.3 Å². The minimum Gasteiger partial charge on any atom is -0.398 e. The smallest absolute Gasteiger partial charge is 0.185 e. The van der Waals surface area contributed by atoms with Gasteiger partial charge in [-0.15, -0.1) is 0 Å². The lowest BCUT2D eigenvalue weighted by molar-refractivity contribution is 0.104. The van der Waals surface area contributed by atoms with E-state index in [0.717, 1.165) is 16.7 Å². The van der Waals surface area contributed by atoms with Gasteiger partial charge in [0.15, 0.2) is 5.78 Å². The summed E-state index contributed by atoms with van der Waals surface area (Å²) in [6, 6.07) is 25.1. The van der Waals surface area contributed by atoms with Crippen molar-refractivity contribution in [2.24, 2.45) is 0 Å². The second-order valence-corrected chi connectivity index (χ2v) is 5.70. The van der Waals surface area contributed by atoms with Crippen LogP contribution in [0.25, 0.3) is 18.2 Å². The summed E-state index contributed by atoms with van der Waals surface area (Å²) in [6.07, 6.45) is 7.41. The lowest BCUT2D eigenvalue weighted by Crippen LogP contribution is -1.94. The third-order valence-electron chi connectivity index (χ3n) is 3.85. The molecule has 3 aromatic carbocycles. The number of carbonyl (C=O) groups is 1. The van der Waals surface area contributed by atoms with E-state index in [4.69, 9.17) is 5.73 Å². The van der Waals surface area contributed by atoms with Crippen molar-refractivity contribution in [1.82, 2.24) is 0 Å². The number of rotatable bonds is 5. The monoisotopic (exact) mass is 325 g/mol. The molecular formula is C23H19NO. The van der Waals surface area contributed by atoms with Crippen LogP contribution in [0.2, 0.25) is 0 Å². The molecule has 0 aliphatic carbocycles. The maximum atomic E-state index is 12.2. The van der Waals surface area contributed by atoms with Gasteiger partial charge in [-0.3, -0.25) is 4.79 Å². The van der Waals surface area contributed by atoms with Gasteiger partial charge in [0.2, 0.25) is 0 Å². The van der Waals surface area contributed by atoms with Gasteiger partial charge >= 0.3 is 0 Å². The maximum absolute atomic E-state index is 12.2.